The van der Waals surface area contributed by atoms with Gasteiger partial charge in [-0.1, -0.05) is 0 Å². The fourth-order valence-electron chi connectivity index (χ4n) is 1.17. The minimum atomic E-state index is -3.82. The highest BCUT2D eigenvalue weighted by molar-refractivity contribution is 7.89. The van der Waals surface area contributed by atoms with Crippen LogP contribution in [0.1, 0.15) is 0 Å². The third-order valence-electron chi connectivity index (χ3n) is 1.76. The summed E-state index contributed by atoms with van der Waals surface area (Å²) in [6, 6.07) is 0. The molecule has 0 bridgehead atoms. The van der Waals surface area contributed by atoms with Crippen LogP contribution in [0.5, 0.6) is 0 Å². The van der Waals surface area contributed by atoms with Gasteiger partial charge in [-0.2, -0.15) is 5.10 Å². The lowest BCUT2D eigenvalue weighted by Crippen LogP contribution is -2.14. The van der Waals surface area contributed by atoms with E-state index in [-0.39, 0.29) is 5.03 Å². The van der Waals surface area contributed by atoms with Crippen LogP contribution in [0.4, 0.5) is 0 Å². The average Bonchev–Trinajstić information content (AvgIpc) is 2.46. The lowest BCUT2D eigenvalue weighted by molar-refractivity contribution is 0.595. The van der Waals surface area contributed by atoms with Crippen LogP contribution < -0.4 is 5.14 Å². The van der Waals surface area contributed by atoms with Crippen LogP contribution in [0.25, 0.3) is 11.0 Å². The summed E-state index contributed by atoms with van der Waals surface area (Å²) in [6.45, 7) is 0. The van der Waals surface area contributed by atoms with Gasteiger partial charge in [-0.05, 0) is 0 Å². The normalized spacial score (nSPS) is 12.1. The van der Waals surface area contributed by atoms with E-state index in [0.717, 1.165) is 6.33 Å². The van der Waals surface area contributed by atoms with E-state index in [1.165, 1.54) is 10.9 Å². The number of hydrogen-bond acceptors (Lipinski definition) is 5. The van der Waals surface area contributed by atoms with E-state index in [2.05, 4.69) is 15.1 Å². The predicted molar refractivity (Wildman–Crippen MR) is 47.7 cm³/mol. The summed E-state index contributed by atoms with van der Waals surface area (Å²) in [6.07, 6.45) is 2.51. The molecule has 0 aliphatic heterocycles. The van der Waals surface area contributed by atoms with Crippen LogP contribution in [-0.4, -0.2) is 28.2 Å². The Morgan fingerprint density at radius 2 is 2.14 bits per heavy atom. The molecule has 8 heteroatoms. The van der Waals surface area contributed by atoms with Gasteiger partial charge in [-0.15, -0.1) is 0 Å². The van der Waals surface area contributed by atoms with Gasteiger partial charge in [0.15, 0.2) is 10.7 Å². The smallest absolute Gasteiger partial charge is 0.250 e. The van der Waals surface area contributed by atoms with Gasteiger partial charge in [-0.25, -0.2) is 23.5 Å². The maximum absolute atomic E-state index is 11.1. The SMILES string of the molecule is Cn1ncc2c(S(N)(=O)=O)ncnc21. The van der Waals surface area contributed by atoms with Crippen molar-refractivity contribution in [3.63, 3.8) is 0 Å². The van der Waals surface area contributed by atoms with E-state index in [9.17, 15) is 8.42 Å². The Labute approximate surface area is 79.6 Å². The van der Waals surface area contributed by atoms with Gasteiger partial charge in [0.25, 0.3) is 10.0 Å². The molecule has 2 aromatic rings. The number of nitrogens with zero attached hydrogens (tertiary/aromatic N) is 4. The van der Waals surface area contributed by atoms with Crippen LogP contribution in [0.2, 0.25) is 0 Å². The molecule has 74 valence electrons. The molecular weight excluding hydrogens is 206 g/mol. The third kappa shape index (κ3) is 1.24. The lowest BCUT2D eigenvalue weighted by atomic mass is 10.4. The van der Waals surface area contributed by atoms with E-state index in [1.807, 2.05) is 0 Å². The third-order valence-corrected chi connectivity index (χ3v) is 2.63. The van der Waals surface area contributed by atoms with Crippen LogP contribution in [0.3, 0.4) is 0 Å². The molecule has 0 saturated carbocycles. The van der Waals surface area contributed by atoms with Crippen molar-refractivity contribution in [3.05, 3.63) is 12.5 Å². The number of fused-ring (bicyclic) bond motifs is 1. The predicted octanol–water partition coefficient (Wildman–Crippen LogP) is -0.989. The van der Waals surface area contributed by atoms with Crippen LogP contribution in [-0.2, 0) is 17.1 Å². The minimum absolute atomic E-state index is 0.199. The molecular formula is C6H7N5O2S. The molecule has 2 N–H and O–H groups in total. The molecule has 2 rings (SSSR count). The Bertz CT molecular complexity index is 587. The number of primary sulfonamides is 1. The summed E-state index contributed by atoms with van der Waals surface area (Å²) >= 11 is 0. The molecule has 14 heavy (non-hydrogen) atoms. The second-order valence-electron chi connectivity index (χ2n) is 2.73. The Balaban J connectivity index is 2.92. The monoisotopic (exact) mass is 213 g/mol. The molecule has 7 nitrogen and oxygen atoms in total. The summed E-state index contributed by atoms with van der Waals surface area (Å²) in [5.74, 6) is 0. The highest BCUT2D eigenvalue weighted by Crippen LogP contribution is 2.15. The standard InChI is InChI=1S/C6H7N5O2S/c1-11-5-4(2-10-11)6(9-3-8-5)14(7,12)13/h2-3H,1H3,(H2,7,12,13). The second kappa shape index (κ2) is 2.72. The summed E-state index contributed by atoms with van der Waals surface area (Å²) in [5, 5.41) is 8.97. The number of sulfonamides is 1. The van der Waals surface area contributed by atoms with Crippen molar-refractivity contribution in [3.8, 4) is 0 Å². The van der Waals surface area contributed by atoms with Gasteiger partial charge >= 0.3 is 0 Å². The Morgan fingerprint density at radius 1 is 1.43 bits per heavy atom. The van der Waals surface area contributed by atoms with E-state index in [0.29, 0.717) is 11.0 Å². The summed E-state index contributed by atoms with van der Waals surface area (Å²) in [7, 11) is -2.17. The molecule has 0 spiro atoms. The van der Waals surface area contributed by atoms with Gasteiger partial charge in [0, 0.05) is 7.05 Å². The summed E-state index contributed by atoms with van der Waals surface area (Å²) < 4.78 is 23.7. The van der Waals surface area contributed by atoms with Gasteiger partial charge in [0.1, 0.15) is 6.33 Å². The fraction of sp³-hybridized carbons (Fsp3) is 0.167. The van der Waals surface area contributed by atoms with Crippen LogP contribution >= 0.6 is 0 Å². The van der Waals surface area contributed by atoms with Crippen molar-refractivity contribution in [2.24, 2.45) is 12.2 Å². The first-order valence-electron chi connectivity index (χ1n) is 3.65. The van der Waals surface area contributed by atoms with Crippen LogP contribution in [0.15, 0.2) is 17.6 Å². The molecule has 0 atom stereocenters. The molecule has 0 saturated heterocycles. The van der Waals surface area contributed by atoms with E-state index in [1.54, 1.807) is 7.05 Å². The molecule has 0 aliphatic rings. The highest BCUT2D eigenvalue weighted by atomic mass is 32.2. The molecule has 0 amide bonds. The van der Waals surface area contributed by atoms with E-state index in [4.69, 9.17) is 5.14 Å². The maximum atomic E-state index is 11.1. The Hall–Kier alpha value is -1.54. The van der Waals surface area contributed by atoms with Crippen LogP contribution in [0, 0.1) is 0 Å². The van der Waals surface area contributed by atoms with Crippen molar-refractivity contribution in [1.82, 2.24) is 19.7 Å². The highest BCUT2D eigenvalue weighted by Gasteiger charge is 2.16. The number of hydrogen-bond donors (Lipinski definition) is 1. The molecule has 0 radical (unpaired) electrons. The molecule has 0 aromatic carbocycles. The topological polar surface area (TPSA) is 104 Å². The van der Waals surface area contributed by atoms with Crippen molar-refractivity contribution in [2.75, 3.05) is 0 Å². The van der Waals surface area contributed by atoms with E-state index < -0.39 is 10.0 Å². The van der Waals surface area contributed by atoms with Gasteiger partial charge in [-0.3, -0.25) is 4.68 Å². The fourth-order valence-corrected chi connectivity index (χ4v) is 1.81. The number of nitrogens with two attached hydrogens (primary N) is 1. The summed E-state index contributed by atoms with van der Waals surface area (Å²) in [4.78, 5) is 7.50. The molecule has 2 aromatic heterocycles. The molecule has 0 unspecified atom stereocenters. The zero-order valence-electron chi connectivity index (χ0n) is 7.25. The number of aromatic nitrogens is 4. The molecule has 2 heterocycles. The Kier molecular flexibility index (Phi) is 1.76. The van der Waals surface area contributed by atoms with Crippen molar-refractivity contribution in [2.45, 2.75) is 5.03 Å². The van der Waals surface area contributed by atoms with Gasteiger partial charge in [0.05, 0.1) is 11.6 Å². The Morgan fingerprint density at radius 3 is 2.79 bits per heavy atom. The first-order chi connectivity index (χ1) is 6.50. The largest absolute Gasteiger partial charge is 0.256 e. The maximum Gasteiger partial charge on any atom is 0.256 e. The van der Waals surface area contributed by atoms with Crippen molar-refractivity contribution < 1.29 is 8.42 Å². The lowest BCUT2D eigenvalue weighted by Gasteiger charge is -1.97. The molecule has 0 aliphatic carbocycles. The van der Waals surface area contributed by atoms with E-state index >= 15 is 0 Å². The van der Waals surface area contributed by atoms with Crippen molar-refractivity contribution in [1.29, 1.82) is 0 Å². The van der Waals surface area contributed by atoms with Crippen molar-refractivity contribution >= 4 is 21.1 Å². The number of aryl methyl sites for hydroxylation is 1. The van der Waals surface area contributed by atoms with Gasteiger partial charge < -0.3 is 0 Å². The first-order valence-corrected chi connectivity index (χ1v) is 5.20. The first kappa shape index (κ1) is 9.03. The zero-order chi connectivity index (χ0) is 10.3. The quantitative estimate of drug-likeness (QED) is 0.612. The second-order valence-corrected chi connectivity index (χ2v) is 4.21. The zero-order valence-corrected chi connectivity index (χ0v) is 8.06. The summed E-state index contributed by atoms with van der Waals surface area (Å²) in [5.41, 5.74) is 0.434. The number of rotatable bonds is 1. The average molecular weight is 213 g/mol. The van der Waals surface area contributed by atoms with Gasteiger partial charge in [0.2, 0.25) is 0 Å². The molecule has 0 fully saturated rings. The minimum Gasteiger partial charge on any atom is -0.250 e.